The second kappa shape index (κ2) is 7.76. The number of nitrogens with one attached hydrogen (secondary N) is 1. The van der Waals surface area contributed by atoms with E-state index in [0.29, 0.717) is 19.6 Å². The number of benzene rings is 1. The van der Waals surface area contributed by atoms with Crippen LogP contribution in [0.25, 0.3) is 0 Å². The molecular weight excluding hydrogens is 252 g/mol. The van der Waals surface area contributed by atoms with Crippen LogP contribution in [-0.4, -0.2) is 20.3 Å². The highest BCUT2D eigenvalue weighted by molar-refractivity contribution is 5.46. The maximum absolute atomic E-state index is 9.03. The molecular formula is C16H24N2O2. The zero-order valence-electron chi connectivity index (χ0n) is 12.8. The van der Waals surface area contributed by atoms with Gasteiger partial charge in [0.15, 0.2) is 11.5 Å². The van der Waals surface area contributed by atoms with Gasteiger partial charge in [0.05, 0.1) is 24.7 Å². The third-order valence-electron chi connectivity index (χ3n) is 3.00. The Bertz CT molecular complexity index is 440. The van der Waals surface area contributed by atoms with Gasteiger partial charge in [0.1, 0.15) is 0 Å². The van der Waals surface area contributed by atoms with Gasteiger partial charge >= 0.3 is 0 Å². The third-order valence-corrected chi connectivity index (χ3v) is 3.00. The van der Waals surface area contributed by atoms with Crippen molar-refractivity contribution in [2.45, 2.75) is 33.7 Å². The molecule has 1 aromatic rings. The van der Waals surface area contributed by atoms with Crippen molar-refractivity contribution in [3.8, 4) is 17.6 Å². The first-order chi connectivity index (χ1) is 9.54. The first-order valence-electron chi connectivity index (χ1n) is 6.97. The van der Waals surface area contributed by atoms with Crippen molar-refractivity contribution in [1.82, 2.24) is 5.32 Å². The predicted octanol–water partition coefficient (Wildman–Crippen LogP) is 3.12. The first-order valence-corrected chi connectivity index (χ1v) is 6.97. The summed E-state index contributed by atoms with van der Waals surface area (Å²) in [6.07, 6.45) is 0.683. The van der Waals surface area contributed by atoms with Crippen LogP contribution in [0.3, 0.4) is 0 Å². The molecule has 0 aliphatic heterocycles. The molecule has 1 rings (SSSR count). The van der Waals surface area contributed by atoms with Crippen LogP contribution in [0.2, 0.25) is 0 Å². The Morgan fingerprint density at radius 3 is 2.65 bits per heavy atom. The average Bonchev–Trinajstić information content (AvgIpc) is 2.42. The molecule has 1 N–H and O–H groups in total. The molecule has 20 heavy (non-hydrogen) atoms. The lowest BCUT2D eigenvalue weighted by molar-refractivity contribution is 0.242. The number of para-hydroxylation sites is 1. The topological polar surface area (TPSA) is 54.3 Å². The van der Waals surface area contributed by atoms with E-state index in [1.54, 1.807) is 0 Å². The minimum Gasteiger partial charge on any atom is -0.490 e. The molecule has 0 aliphatic rings. The maximum Gasteiger partial charge on any atom is 0.165 e. The van der Waals surface area contributed by atoms with E-state index in [1.807, 2.05) is 46.0 Å². The summed E-state index contributed by atoms with van der Waals surface area (Å²) in [5.74, 6) is 1.53. The predicted molar refractivity (Wildman–Crippen MR) is 79.9 cm³/mol. The fourth-order valence-corrected chi connectivity index (χ4v) is 1.79. The summed E-state index contributed by atoms with van der Waals surface area (Å²) in [6.45, 7) is 7.61. The van der Waals surface area contributed by atoms with Gasteiger partial charge in [-0.2, -0.15) is 5.26 Å². The van der Waals surface area contributed by atoms with Gasteiger partial charge in [-0.25, -0.2) is 0 Å². The van der Waals surface area contributed by atoms with E-state index in [9.17, 15) is 0 Å². The van der Waals surface area contributed by atoms with Crippen LogP contribution in [0.15, 0.2) is 18.2 Å². The van der Waals surface area contributed by atoms with Crippen LogP contribution in [0.5, 0.6) is 11.5 Å². The highest BCUT2D eigenvalue weighted by Crippen LogP contribution is 2.32. The molecule has 0 aliphatic carbocycles. The smallest absolute Gasteiger partial charge is 0.165 e. The van der Waals surface area contributed by atoms with Gasteiger partial charge in [0.2, 0.25) is 0 Å². The van der Waals surface area contributed by atoms with Crippen LogP contribution >= 0.6 is 0 Å². The second-order valence-corrected chi connectivity index (χ2v) is 5.30. The van der Waals surface area contributed by atoms with Crippen molar-refractivity contribution in [2.24, 2.45) is 5.41 Å². The lowest BCUT2D eigenvalue weighted by Crippen LogP contribution is -2.15. The van der Waals surface area contributed by atoms with E-state index in [0.717, 1.165) is 23.6 Å². The zero-order chi connectivity index (χ0) is 15.0. The van der Waals surface area contributed by atoms with Gasteiger partial charge in [0, 0.05) is 12.1 Å². The average molecular weight is 276 g/mol. The lowest BCUT2D eigenvalue weighted by atomic mass is 9.92. The van der Waals surface area contributed by atoms with Gasteiger partial charge in [0.25, 0.3) is 0 Å². The largest absolute Gasteiger partial charge is 0.490 e. The fourth-order valence-electron chi connectivity index (χ4n) is 1.79. The Labute approximate surface area is 121 Å². The molecule has 4 heteroatoms. The summed E-state index contributed by atoms with van der Waals surface area (Å²) in [6, 6.07) is 8.17. The minimum absolute atomic E-state index is 0.371. The molecule has 0 heterocycles. The van der Waals surface area contributed by atoms with E-state index in [4.69, 9.17) is 14.7 Å². The van der Waals surface area contributed by atoms with E-state index in [2.05, 4.69) is 11.4 Å². The number of hydrogen-bond acceptors (Lipinski definition) is 4. The summed E-state index contributed by atoms with van der Waals surface area (Å²) in [5, 5.41) is 12.2. The van der Waals surface area contributed by atoms with E-state index in [-0.39, 0.29) is 5.41 Å². The van der Waals surface area contributed by atoms with E-state index >= 15 is 0 Å². The minimum atomic E-state index is -0.371. The monoisotopic (exact) mass is 276 g/mol. The SMILES string of the molecule is CCOc1cccc(CNC)c1OCCC(C)(C)C#N. The Hall–Kier alpha value is -1.73. The molecule has 0 spiro atoms. The Kier molecular flexibility index (Phi) is 6.33. The van der Waals surface area contributed by atoms with Crippen LogP contribution < -0.4 is 14.8 Å². The highest BCUT2D eigenvalue weighted by atomic mass is 16.5. The van der Waals surface area contributed by atoms with Gasteiger partial charge in [-0.05, 0) is 40.3 Å². The summed E-state index contributed by atoms with van der Waals surface area (Å²) in [4.78, 5) is 0. The van der Waals surface area contributed by atoms with Crippen LogP contribution in [0.4, 0.5) is 0 Å². The second-order valence-electron chi connectivity index (χ2n) is 5.30. The molecule has 4 nitrogen and oxygen atoms in total. The maximum atomic E-state index is 9.03. The first kappa shape index (κ1) is 16.3. The van der Waals surface area contributed by atoms with Crippen molar-refractivity contribution in [1.29, 1.82) is 5.26 Å². The van der Waals surface area contributed by atoms with Gasteiger partial charge in [-0.1, -0.05) is 12.1 Å². The molecule has 0 fully saturated rings. The standard InChI is InChI=1S/C16H24N2O2/c1-5-19-14-8-6-7-13(11-18-4)15(14)20-10-9-16(2,3)12-17/h6-8,18H,5,9-11H2,1-4H3. The molecule has 1 aromatic carbocycles. The van der Waals surface area contributed by atoms with Crippen molar-refractivity contribution in [2.75, 3.05) is 20.3 Å². The van der Waals surface area contributed by atoms with Crippen molar-refractivity contribution in [3.63, 3.8) is 0 Å². The van der Waals surface area contributed by atoms with Crippen LogP contribution in [0.1, 0.15) is 32.8 Å². The summed E-state index contributed by atoms with van der Waals surface area (Å²) in [7, 11) is 1.90. The number of hydrogen-bond donors (Lipinski definition) is 1. The van der Waals surface area contributed by atoms with Crippen molar-refractivity contribution < 1.29 is 9.47 Å². The molecule has 0 bridgehead atoms. The molecule has 0 saturated heterocycles. The van der Waals surface area contributed by atoms with Crippen molar-refractivity contribution >= 4 is 0 Å². The number of ether oxygens (including phenoxy) is 2. The molecule has 0 radical (unpaired) electrons. The normalized spacial score (nSPS) is 10.9. The lowest BCUT2D eigenvalue weighted by Gasteiger charge is -2.19. The molecule has 0 aromatic heterocycles. The van der Waals surface area contributed by atoms with Crippen LogP contribution in [-0.2, 0) is 6.54 Å². The Morgan fingerprint density at radius 1 is 1.30 bits per heavy atom. The number of rotatable bonds is 8. The van der Waals surface area contributed by atoms with Gasteiger partial charge < -0.3 is 14.8 Å². The van der Waals surface area contributed by atoms with Crippen molar-refractivity contribution in [3.05, 3.63) is 23.8 Å². The molecule has 0 unspecified atom stereocenters. The number of nitriles is 1. The molecule has 0 atom stereocenters. The van der Waals surface area contributed by atoms with E-state index < -0.39 is 0 Å². The third kappa shape index (κ3) is 4.75. The summed E-state index contributed by atoms with van der Waals surface area (Å²) in [5.41, 5.74) is 0.692. The Morgan fingerprint density at radius 2 is 2.05 bits per heavy atom. The van der Waals surface area contributed by atoms with E-state index in [1.165, 1.54) is 0 Å². The fraction of sp³-hybridized carbons (Fsp3) is 0.562. The molecule has 110 valence electrons. The van der Waals surface area contributed by atoms with Gasteiger partial charge in [-0.3, -0.25) is 0 Å². The van der Waals surface area contributed by atoms with Gasteiger partial charge in [-0.15, -0.1) is 0 Å². The molecule has 0 saturated carbocycles. The number of nitrogens with zero attached hydrogens (tertiary/aromatic N) is 1. The summed E-state index contributed by atoms with van der Waals surface area (Å²) < 4.78 is 11.5. The molecule has 0 amide bonds. The van der Waals surface area contributed by atoms with Crippen LogP contribution in [0, 0.1) is 16.7 Å². The summed E-state index contributed by atoms with van der Waals surface area (Å²) >= 11 is 0. The Balaban J connectivity index is 2.82. The highest BCUT2D eigenvalue weighted by Gasteiger charge is 2.18. The quantitative estimate of drug-likeness (QED) is 0.792. The zero-order valence-corrected chi connectivity index (χ0v) is 12.8.